The molecule has 2 aromatic rings. The first-order valence-corrected chi connectivity index (χ1v) is 5.99. The van der Waals surface area contributed by atoms with Gasteiger partial charge in [-0.25, -0.2) is 0 Å². The Labute approximate surface area is 108 Å². The minimum Gasteiger partial charge on any atom is -0.493 e. The number of rotatable bonds is 4. The lowest BCUT2D eigenvalue weighted by Gasteiger charge is -2.12. The Morgan fingerprint density at radius 1 is 1.22 bits per heavy atom. The number of benzene rings is 1. The molecule has 0 aliphatic rings. The fourth-order valence-corrected chi connectivity index (χ4v) is 1.85. The standard InChI is InChI=1S/C15H18N2O/c1-11-6-4-5-7-13(11)9-17-14-8-12(2)16-10-15(14)18-3/h4-8,10H,9H2,1-3H3,(H,16,17). The number of anilines is 1. The third-order valence-corrected chi connectivity index (χ3v) is 2.95. The highest BCUT2D eigenvalue weighted by atomic mass is 16.5. The molecule has 0 atom stereocenters. The summed E-state index contributed by atoms with van der Waals surface area (Å²) in [5.41, 5.74) is 4.53. The van der Waals surface area contributed by atoms with Crippen molar-refractivity contribution in [1.82, 2.24) is 4.98 Å². The Morgan fingerprint density at radius 2 is 2.00 bits per heavy atom. The van der Waals surface area contributed by atoms with Crippen LogP contribution >= 0.6 is 0 Å². The maximum atomic E-state index is 5.29. The second kappa shape index (κ2) is 5.54. The van der Waals surface area contributed by atoms with Crippen molar-refractivity contribution in [1.29, 1.82) is 0 Å². The highest BCUT2D eigenvalue weighted by Crippen LogP contribution is 2.24. The van der Waals surface area contributed by atoms with Crippen molar-refractivity contribution < 1.29 is 4.74 Å². The van der Waals surface area contributed by atoms with Crippen LogP contribution in [0.3, 0.4) is 0 Å². The second-order valence-electron chi connectivity index (χ2n) is 4.31. The monoisotopic (exact) mass is 242 g/mol. The van der Waals surface area contributed by atoms with Gasteiger partial charge in [-0.15, -0.1) is 0 Å². The van der Waals surface area contributed by atoms with E-state index in [1.807, 2.05) is 13.0 Å². The number of nitrogens with one attached hydrogen (secondary N) is 1. The van der Waals surface area contributed by atoms with Crippen molar-refractivity contribution in [2.24, 2.45) is 0 Å². The molecular formula is C15H18N2O. The van der Waals surface area contributed by atoms with Gasteiger partial charge in [-0.1, -0.05) is 24.3 Å². The lowest BCUT2D eigenvalue weighted by molar-refractivity contribution is 0.414. The molecule has 0 radical (unpaired) electrons. The van der Waals surface area contributed by atoms with Gasteiger partial charge in [0.05, 0.1) is 19.0 Å². The van der Waals surface area contributed by atoms with E-state index in [0.717, 1.165) is 23.7 Å². The van der Waals surface area contributed by atoms with E-state index in [-0.39, 0.29) is 0 Å². The lowest BCUT2D eigenvalue weighted by atomic mass is 10.1. The van der Waals surface area contributed by atoms with Crippen molar-refractivity contribution in [2.45, 2.75) is 20.4 Å². The molecule has 1 N–H and O–H groups in total. The van der Waals surface area contributed by atoms with Gasteiger partial charge in [0, 0.05) is 12.2 Å². The van der Waals surface area contributed by atoms with Gasteiger partial charge in [0.2, 0.25) is 0 Å². The Hall–Kier alpha value is -2.03. The van der Waals surface area contributed by atoms with Crippen molar-refractivity contribution in [3.05, 3.63) is 53.3 Å². The summed E-state index contributed by atoms with van der Waals surface area (Å²) in [6.07, 6.45) is 1.75. The molecule has 0 saturated heterocycles. The summed E-state index contributed by atoms with van der Waals surface area (Å²) in [7, 11) is 1.66. The average Bonchev–Trinajstić information content (AvgIpc) is 2.38. The summed E-state index contributed by atoms with van der Waals surface area (Å²) in [5, 5.41) is 3.40. The molecule has 1 heterocycles. The van der Waals surface area contributed by atoms with Crippen molar-refractivity contribution in [2.75, 3.05) is 12.4 Å². The van der Waals surface area contributed by atoms with Crippen LogP contribution in [-0.2, 0) is 6.54 Å². The molecule has 0 aliphatic heterocycles. The van der Waals surface area contributed by atoms with Gasteiger partial charge in [0.1, 0.15) is 0 Å². The molecule has 0 saturated carbocycles. The van der Waals surface area contributed by atoms with Gasteiger partial charge in [-0.05, 0) is 31.0 Å². The average molecular weight is 242 g/mol. The second-order valence-corrected chi connectivity index (χ2v) is 4.31. The predicted molar refractivity (Wildman–Crippen MR) is 74.0 cm³/mol. The van der Waals surface area contributed by atoms with Crippen LogP contribution in [0.4, 0.5) is 5.69 Å². The Kier molecular flexibility index (Phi) is 3.82. The maximum absolute atomic E-state index is 5.29. The van der Waals surface area contributed by atoms with Gasteiger partial charge in [0.25, 0.3) is 0 Å². The number of methoxy groups -OCH3 is 1. The third-order valence-electron chi connectivity index (χ3n) is 2.95. The maximum Gasteiger partial charge on any atom is 0.160 e. The van der Waals surface area contributed by atoms with E-state index in [0.29, 0.717) is 0 Å². The molecule has 0 spiro atoms. The lowest BCUT2D eigenvalue weighted by Crippen LogP contribution is -2.03. The Balaban J connectivity index is 2.15. The first kappa shape index (κ1) is 12.4. The van der Waals surface area contributed by atoms with Gasteiger partial charge < -0.3 is 10.1 Å². The molecule has 0 fully saturated rings. The zero-order valence-electron chi connectivity index (χ0n) is 11.0. The van der Waals surface area contributed by atoms with E-state index < -0.39 is 0 Å². The molecule has 1 aromatic heterocycles. The van der Waals surface area contributed by atoms with Crippen molar-refractivity contribution >= 4 is 5.69 Å². The van der Waals surface area contributed by atoms with Gasteiger partial charge in [0.15, 0.2) is 5.75 Å². The predicted octanol–water partition coefficient (Wildman–Crippen LogP) is 3.32. The van der Waals surface area contributed by atoms with Gasteiger partial charge >= 0.3 is 0 Å². The molecule has 94 valence electrons. The molecule has 0 aliphatic carbocycles. The summed E-state index contributed by atoms with van der Waals surface area (Å²) in [6.45, 7) is 4.87. The largest absolute Gasteiger partial charge is 0.493 e. The molecule has 0 bridgehead atoms. The first-order valence-electron chi connectivity index (χ1n) is 5.99. The van der Waals surface area contributed by atoms with E-state index in [1.165, 1.54) is 11.1 Å². The van der Waals surface area contributed by atoms with Crippen LogP contribution in [0, 0.1) is 13.8 Å². The fourth-order valence-electron chi connectivity index (χ4n) is 1.85. The van der Waals surface area contributed by atoms with E-state index >= 15 is 0 Å². The molecule has 1 aromatic carbocycles. The van der Waals surface area contributed by atoms with Crippen molar-refractivity contribution in [3.63, 3.8) is 0 Å². The quantitative estimate of drug-likeness (QED) is 0.893. The van der Waals surface area contributed by atoms with Crippen LogP contribution in [0.5, 0.6) is 5.75 Å². The number of pyridine rings is 1. The Bertz CT molecular complexity index is 538. The van der Waals surface area contributed by atoms with Crippen LogP contribution < -0.4 is 10.1 Å². The third kappa shape index (κ3) is 2.80. The van der Waals surface area contributed by atoms with Crippen LogP contribution in [0.25, 0.3) is 0 Å². The highest BCUT2D eigenvalue weighted by Gasteiger charge is 2.04. The molecule has 18 heavy (non-hydrogen) atoms. The molecule has 0 unspecified atom stereocenters. The van der Waals surface area contributed by atoms with Crippen LogP contribution in [0.15, 0.2) is 36.5 Å². The SMILES string of the molecule is COc1cnc(C)cc1NCc1ccccc1C. The Morgan fingerprint density at radius 3 is 2.72 bits per heavy atom. The summed E-state index contributed by atoms with van der Waals surface area (Å²) in [4.78, 5) is 4.22. The smallest absolute Gasteiger partial charge is 0.160 e. The number of aryl methyl sites for hydroxylation is 2. The van der Waals surface area contributed by atoms with Crippen LogP contribution in [0.1, 0.15) is 16.8 Å². The van der Waals surface area contributed by atoms with Gasteiger partial charge in [-0.2, -0.15) is 0 Å². The number of hydrogen-bond acceptors (Lipinski definition) is 3. The minimum atomic E-state index is 0.772. The zero-order valence-corrected chi connectivity index (χ0v) is 11.0. The number of ether oxygens (including phenoxy) is 1. The molecule has 3 nitrogen and oxygen atoms in total. The van der Waals surface area contributed by atoms with E-state index in [9.17, 15) is 0 Å². The summed E-state index contributed by atoms with van der Waals surface area (Å²) in [5.74, 6) is 0.772. The molecule has 3 heteroatoms. The number of nitrogens with zero attached hydrogens (tertiary/aromatic N) is 1. The topological polar surface area (TPSA) is 34.1 Å². The van der Waals surface area contributed by atoms with Crippen LogP contribution in [0.2, 0.25) is 0 Å². The minimum absolute atomic E-state index is 0.772. The molecule has 0 amide bonds. The van der Waals surface area contributed by atoms with Gasteiger partial charge in [-0.3, -0.25) is 4.98 Å². The van der Waals surface area contributed by atoms with Crippen molar-refractivity contribution in [3.8, 4) is 5.75 Å². The molecular weight excluding hydrogens is 224 g/mol. The fraction of sp³-hybridized carbons (Fsp3) is 0.267. The molecule has 2 rings (SSSR count). The van der Waals surface area contributed by atoms with E-state index in [1.54, 1.807) is 13.3 Å². The zero-order chi connectivity index (χ0) is 13.0. The number of aromatic nitrogens is 1. The first-order chi connectivity index (χ1) is 8.70. The van der Waals surface area contributed by atoms with E-state index in [4.69, 9.17) is 4.74 Å². The summed E-state index contributed by atoms with van der Waals surface area (Å²) < 4.78 is 5.29. The summed E-state index contributed by atoms with van der Waals surface area (Å²) >= 11 is 0. The van der Waals surface area contributed by atoms with Crippen LogP contribution in [-0.4, -0.2) is 12.1 Å². The highest BCUT2D eigenvalue weighted by molar-refractivity contribution is 5.56. The van der Waals surface area contributed by atoms with E-state index in [2.05, 4.69) is 41.5 Å². The number of hydrogen-bond donors (Lipinski definition) is 1. The normalized spacial score (nSPS) is 10.2. The summed E-state index contributed by atoms with van der Waals surface area (Å²) in [6, 6.07) is 10.3.